The van der Waals surface area contributed by atoms with Crippen molar-refractivity contribution in [2.75, 3.05) is 0 Å². The Kier molecular flexibility index (Phi) is 2.00. The van der Waals surface area contributed by atoms with Crippen molar-refractivity contribution >= 4 is 11.0 Å². The molecular weight excluding hydrogens is 190 g/mol. The van der Waals surface area contributed by atoms with Crippen LogP contribution >= 0.6 is 0 Å². The standard InChI is InChI=1S/C10H8F2O2/c1-5(13)9-3-6-2-7(11)4-8(12)10(6)14-9/h2-5,13H,1H3. The van der Waals surface area contributed by atoms with Crippen LogP contribution in [0.15, 0.2) is 22.6 Å². The number of hydrogen-bond acceptors (Lipinski definition) is 2. The van der Waals surface area contributed by atoms with Crippen LogP contribution in [0.1, 0.15) is 18.8 Å². The van der Waals surface area contributed by atoms with Crippen LogP contribution in [0, 0.1) is 11.6 Å². The Morgan fingerprint density at radius 2 is 2.00 bits per heavy atom. The normalized spacial score (nSPS) is 13.4. The summed E-state index contributed by atoms with van der Waals surface area (Å²) in [6, 6.07) is 3.33. The average Bonchev–Trinajstić information content (AvgIpc) is 2.47. The molecule has 2 nitrogen and oxygen atoms in total. The van der Waals surface area contributed by atoms with Crippen LogP contribution in [0.2, 0.25) is 0 Å². The molecule has 0 spiro atoms. The number of fused-ring (bicyclic) bond motifs is 1. The Morgan fingerprint density at radius 1 is 1.29 bits per heavy atom. The van der Waals surface area contributed by atoms with Gasteiger partial charge in [-0.15, -0.1) is 0 Å². The summed E-state index contributed by atoms with van der Waals surface area (Å²) in [6.45, 7) is 1.49. The van der Waals surface area contributed by atoms with Gasteiger partial charge in [0.2, 0.25) is 0 Å². The Labute approximate surface area is 78.8 Å². The maximum Gasteiger partial charge on any atom is 0.170 e. The molecule has 4 heteroatoms. The van der Waals surface area contributed by atoms with Gasteiger partial charge < -0.3 is 9.52 Å². The molecule has 14 heavy (non-hydrogen) atoms. The summed E-state index contributed by atoms with van der Waals surface area (Å²) < 4.78 is 30.9. The van der Waals surface area contributed by atoms with E-state index in [1.807, 2.05) is 0 Å². The summed E-state index contributed by atoms with van der Waals surface area (Å²) in [6.07, 6.45) is -0.829. The molecule has 0 aliphatic heterocycles. The van der Waals surface area contributed by atoms with Gasteiger partial charge in [-0.05, 0) is 19.1 Å². The van der Waals surface area contributed by atoms with E-state index in [2.05, 4.69) is 0 Å². The minimum atomic E-state index is -0.829. The molecule has 2 aromatic rings. The maximum absolute atomic E-state index is 13.1. The van der Waals surface area contributed by atoms with Crippen molar-refractivity contribution in [2.45, 2.75) is 13.0 Å². The molecular formula is C10H8F2O2. The van der Waals surface area contributed by atoms with Gasteiger partial charge in [0.1, 0.15) is 17.7 Å². The van der Waals surface area contributed by atoms with E-state index >= 15 is 0 Å². The van der Waals surface area contributed by atoms with E-state index in [4.69, 9.17) is 4.42 Å². The smallest absolute Gasteiger partial charge is 0.170 e. The lowest BCUT2D eigenvalue weighted by molar-refractivity contribution is 0.172. The van der Waals surface area contributed by atoms with Crippen LogP contribution in [0.5, 0.6) is 0 Å². The van der Waals surface area contributed by atoms with Crippen LogP contribution in [0.4, 0.5) is 8.78 Å². The zero-order valence-corrected chi connectivity index (χ0v) is 7.42. The van der Waals surface area contributed by atoms with Crippen molar-refractivity contribution in [3.05, 3.63) is 35.6 Å². The largest absolute Gasteiger partial charge is 0.455 e. The monoisotopic (exact) mass is 198 g/mol. The first kappa shape index (κ1) is 9.15. The van der Waals surface area contributed by atoms with Crippen molar-refractivity contribution < 1.29 is 18.3 Å². The lowest BCUT2D eigenvalue weighted by atomic mass is 10.2. The lowest BCUT2D eigenvalue weighted by Crippen LogP contribution is -1.85. The van der Waals surface area contributed by atoms with Gasteiger partial charge in [0.15, 0.2) is 11.4 Å². The highest BCUT2D eigenvalue weighted by atomic mass is 19.1. The molecule has 2 rings (SSSR count). The Morgan fingerprint density at radius 3 is 2.64 bits per heavy atom. The van der Waals surface area contributed by atoms with Crippen molar-refractivity contribution in [3.63, 3.8) is 0 Å². The molecule has 0 fully saturated rings. The Hall–Kier alpha value is -1.42. The summed E-state index contributed by atoms with van der Waals surface area (Å²) in [4.78, 5) is 0. The second kappa shape index (κ2) is 3.06. The van der Waals surface area contributed by atoms with Crippen LogP contribution in [-0.4, -0.2) is 5.11 Å². The molecule has 1 atom stereocenters. The molecule has 1 aromatic carbocycles. The number of aliphatic hydroxyl groups is 1. The highest BCUT2D eigenvalue weighted by Gasteiger charge is 2.12. The minimum Gasteiger partial charge on any atom is -0.455 e. The third kappa shape index (κ3) is 1.37. The van der Waals surface area contributed by atoms with E-state index in [-0.39, 0.29) is 11.3 Å². The quantitative estimate of drug-likeness (QED) is 0.764. The van der Waals surface area contributed by atoms with Crippen LogP contribution in [0.3, 0.4) is 0 Å². The first-order chi connectivity index (χ1) is 6.58. The molecule has 1 N–H and O–H groups in total. The number of aliphatic hydroxyl groups excluding tert-OH is 1. The molecule has 1 unspecified atom stereocenters. The zero-order chi connectivity index (χ0) is 10.3. The number of benzene rings is 1. The number of furan rings is 1. The highest BCUT2D eigenvalue weighted by Crippen LogP contribution is 2.26. The second-order valence-corrected chi connectivity index (χ2v) is 3.13. The summed E-state index contributed by atoms with van der Waals surface area (Å²) in [5.41, 5.74) is -0.0256. The predicted molar refractivity (Wildman–Crippen MR) is 46.8 cm³/mol. The third-order valence-corrected chi connectivity index (χ3v) is 1.97. The average molecular weight is 198 g/mol. The summed E-state index contributed by atoms with van der Waals surface area (Å²) in [5.74, 6) is -1.19. The Balaban J connectivity index is 2.70. The highest BCUT2D eigenvalue weighted by molar-refractivity contribution is 5.78. The molecule has 0 saturated carbocycles. The van der Waals surface area contributed by atoms with E-state index in [0.717, 1.165) is 12.1 Å². The lowest BCUT2D eigenvalue weighted by Gasteiger charge is -1.95. The fourth-order valence-corrected chi connectivity index (χ4v) is 1.30. The van der Waals surface area contributed by atoms with Crippen molar-refractivity contribution in [1.82, 2.24) is 0 Å². The van der Waals surface area contributed by atoms with Gasteiger partial charge >= 0.3 is 0 Å². The molecule has 0 aliphatic carbocycles. The maximum atomic E-state index is 13.1. The molecule has 0 bridgehead atoms. The molecule has 74 valence electrons. The van der Waals surface area contributed by atoms with E-state index in [1.165, 1.54) is 13.0 Å². The van der Waals surface area contributed by atoms with Gasteiger partial charge in [0.25, 0.3) is 0 Å². The topological polar surface area (TPSA) is 33.4 Å². The Bertz CT molecular complexity index is 474. The second-order valence-electron chi connectivity index (χ2n) is 3.13. The SMILES string of the molecule is CC(O)c1cc2cc(F)cc(F)c2o1. The summed E-state index contributed by atoms with van der Waals surface area (Å²) in [5, 5.41) is 9.49. The molecule has 0 amide bonds. The first-order valence-corrected chi connectivity index (χ1v) is 4.14. The van der Waals surface area contributed by atoms with E-state index in [1.54, 1.807) is 0 Å². The van der Waals surface area contributed by atoms with Gasteiger partial charge in [-0.2, -0.15) is 0 Å². The molecule has 0 radical (unpaired) electrons. The predicted octanol–water partition coefficient (Wildman–Crippen LogP) is 2.76. The number of halogens is 2. The van der Waals surface area contributed by atoms with E-state index in [9.17, 15) is 13.9 Å². The molecule has 0 aliphatic rings. The van der Waals surface area contributed by atoms with Crippen molar-refractivity contribution in [1.29, 1.82) is 0 Å². The van der Waals surface area contributed by atoms with Crippen molar-refractivity contribution in [2.24, 2.45) is 0 Å². The van der Waals surface area contributed by atoms with Crippen LogP contribution in [0.25, 0.3) is 11.0 Å². The first-order valence-electron chi connectivity index (χ1n) is 4.14. The minimum absolute atomic E-state index is 0.0256. The fraction of sp³-hybridized carbons (Fsp3) is 0.200. The molecule has 1 heterocycles. The van der Waals surface area contributed by atoms with Crippen LogP contribution < -0.4 is 0 Å². The zero-order valence-electron chi connectivity index (χ0n) is 7.42. The number of hydrogen-bond donors (Lipinski definition) is 1. The van der Waals surface area contributed by atoms with Gasteiger partial charge in [-0.3, -0.25) is 0 Å². The molecule has 0 saturated heterocycles. The molecule has 1 aromatic heterocycles. The van der Waals surface area contributed by atoms with Gasteiger partial charge in [-0.25, -0.2) is 8.78 Å². The van der Waals surface area contributed by atoms with Crippen LogP contribution in [-0.2, 0) is 0 Å². The summed E-state index contributed by atoms with van der Waals surface area (Å²) in [7, 11) is 0. The van der Waals surface area contributed by atoms with Gasteiger partial charge in [-0.1, -0.05) is 0 Å². The van der Waals surface area contributed by atoms with E-state index < -0.39 is 17.7 Å². The number of rotatable bonds is 1. The van der Waals surface area contributed by atoms with Crippen molar-refractivity contribution in [3.8, 4) is 0 Å². The van der Waals surface area contributed by atoms with Gasteiger partial charge in [0, 0.05) is 11.5 Å². The van der Waals surface area contributed by atoms with E-state index in [0.29, 0.717) is 5.39 Å². The van der Waals surface area contributed by atoms with Gasteiger partial charge in [0.05, 0.1) is 0 Å². The fourth-order valence-electron chi connectivity index (χ4n) is 1.30. The third-order valence-electron chi connectivity index (χ3n) is 1.97. The summed E-state index contributed by atoms with van der Waals surface area (Å²) >= 11 is 0.